The molecule has 2 aromatic carbocycles. The highest BCUT2D eigenvalue weighted by atomic mass is 32.2. The highest BCUT2D eigenvalue weighted by Gasteiger charge is 2.14. The molecular weight excluding hydrogens is 444 g/mol. The fourth-order valence-electron chi connectivity index (χ4n) is 3.88. The molecule has 0 radical (unpaired) electrons. The maximum Gasteiger partial charge on any atom is 0.261 e. The largest absolute Gasteiger partial charge is 0.484 e. The minimum absolute atomic E-state index is 0.0463. The molecule has 1 amide bonds. The van der Waals surface area contributed by atoms with Gasteiger partial charge in [0.25, 0.3) is 11.5 Å². The predicted octanol–water partition coefficient (Wildman–Crippen LogP) is 1.51. The van der Waals surface area contributed by atoms with E-state index in [2.05, 4.69) is 10.3 Å². The van der Waals surface area contributed by atoms with Crippen LogP contribution in [0.3, 0.4) is 0 Å². The number of sulfonamides is 1. The van der Waals surface area contributed by atoms with Gasteiger partial charge in [-0.1, -0.05) is 18.6 Å². The molecule has 0 bridgehead atoms. The number of ether oxygens (including phenoxy) is 1. The van der Waals surface area contributed by atoms with Crippen molar-refractivity contribution in [3.8, 4) is 5.75 Å². The molecule has 4 rings (SSSR count). The van der Waals surface area contributed by atoms with Crippen LogP contribution in [0.1, 0.15) is 30.7 Å². The second-order valence-electron chi connectivity index (χ2n) is 8.05. The Balaban J connectivity index is 1.33. The van der Waals surface area contributed by atoms with Gasteiger partial charge in [0, 0.05) is 19.5 Å². The number of aromatic nitrogens is 2. The summed E-state index contributed by atoms with van der Waals surface area (Å²) >= 11 is 0. The van der Waals surface area contributed by atoms with Gasteiger partial charge in [-0.05, 0) is 55.2 Å². The van der Waals surface area contributed by atoms with Crippen LogP contribution in [0.15, 0.2) is 52.2 Å². The molecule has 1 aliphatic heterocycles. The summed E-state index contributed by atoms with van der Waals surface area (Å²) in [5.74, 6) is 0.967. The third kappa shape index (κ3) is 5.58. The molecule has 0 spiro atoms. The van der Waals surface area contributed by atoms with Crippen molar-refractivity contribution in [1.82, 2.24) is 14.9 Å². The molecule has 0 aliphatic carbocycles. The van der Waals surface area contributed by atoms with Gasteiger partial charge in [0.15, 0.2) is 6.61 Å². The second-order valence-corrected chi connectivity index (χ2v) is 9.61. The summed E-state index contributed by atoms with van der Waals surface area (Å²) in [4.78, 5) is 29.8. The van der Waals surface area contributed by atoms with Crippen molar-refractivity contribution in [3.63, 3.8) is 0 Å². The molecule has 1 aromatic heterocycles. The van der Waals surface area contributed by atoms with Crippen LogP contribution in [0.5, 0.6) is 5.75 Å². The maximum atomic E-state index is 12.9. The molecule has 3 aromatic rings. The van der Waals surface area contributed by atoms with Gasteiger partial charge in [0.1, 0.15) is 11.6 Å². The smallest absolute Gasteiger partial charge is 0.261 e. The van der Waals surface area contributed by atoms with Crippen LogP contribution < -0.4 is 20.8 Å². The summed E-state index contributed by atoms with van der Waals surface area (Å²) < 4.78 is 29.9. The van der Waals surface area contributed by atoms with Crippen molar-refractivity contribution in [2.75, 3.05) is 13.2 Å². The number of fused-ring (bicyclic) bond motifs is 2. The Morgan fingerprint density at radius 2 is 1.91 bits per heavy atom. The molecule has 0 unspecified atom stereocenters. The number of amides is 1. The first kappa shape index (κ1) is 22.9. The van der Waals surface area contributed by atoms with E-state index in [1.807, 2.05) is 0 Å². The topological polar surface area (TPSA) is 133 Å². The molecule has 10 heteroatoms. The molecule has 33 heavy (non-hydrogen) atoms. The van der Waals surface area contributed by atoms with Crippen LogP contribution in [-0.2, 0) is 34.2 Å². The zero-order valence-corrected chi connectivity index (χ0v) is 18.9. The van der Waals surface area contributed by atoms with E-state index in [9.17, 15) is 18.0 Å². The lowest BCUT2D eigenvalue weighted by Gasteiger charge is -2.11. The van der Waals surface area contributed by atoms with Crippen molar-refractivity contribution in [2.24, 2.45) is 5.14 Å². The molecule has 0 atom stereocenters. The van der Waals surface area contributed by atoms with E-state index in [0.717, 1.165) is 37.1 Å². The van der Waals surface area contributed by atoms with Crippen LogP contribution in [0.2, 0.25) is 0 Å². The molecule has 0 saturated carbocycles. The monoisotopic (exact) mass is 470 g/mol. The number of carbonyl (C=O) groups is 1. The summed E-state index contributed by atoms with van der Waals surface area (Å²) in [6.07, 6.45) is 4.42. The van der Waals surface area contributed by atoms with E-state index >= 15 is 0 Å². The zero-order valence-electron chi connectivity index (χ0n) is 18.1. The number of benzene rings is 2. The van der Waals surface area contributed by atoms with Gasteiger partial charge < -0.3 is 10.1 Å². The van der Waals surface area contributed by atoms with Crippen molar-refractivity contribution in [1.29, 1.82) is 0 Å². The quantitative estimate of drug-likeness (QED) is 0.538. The molecule has 3 N–H and O–H groups in total. The Labute approximate surface area is 191 Å². The van der Waals surface area contributed by atoms with E-state index in [-0.39, 0.29) is 23.0 Å². The van der Waals surface area contributed by atoms with E-state index in [0.29, 0.717) is 36.2 Å². The number of aryl methyl sites for hydroxylation is 1. The average Bonchev–Trinajstić information content (AvgIpc) is 3.03. The van der Waals surface area contributed by atoms with Crippen LogP contribution in [-0.4, -0.2) is 37.0 Å². The Hall–Kier alpha value is -3.24. The SMILES string of the molecule is NS(=O)(=O)c1ccc(CCNC(=O)COc2ccc3nc4n(c(=O)c3c2)CCCCC4)cc1. The number of hydrogen-bond acceptors (Lipinski definition) is 6. The fraction of sp³-hybridized carbons (Fsp3) is 0.348. The number of carbonyl (C=O) groups excluding carboxylic acids is 1. The van der Waals surface area contributed by atoms with Crippen molar-refractivity contribution < 1.29 is 17.9 Å². The highest BCUT2D eigenvalue weighted by Crippen LogP contribution is 2.19. The Morgan fingerprint density at radius 3 is 2.67 bits per heavy atom. The molecular formula is C23H26N4O5S. The number of primary sulfonamides is 1. The predicted molar refractivity (Wildman–Crippen MR) is 124 cm³/mol. The van der Waals surface area contributed by atoms with Gasteiger partial charge in [-0.15, -0.1) is 0 Å². The van der Waals surface area contributed by atoms with Crippen molar-refractivity contribution in [2.45, 2.75) is 43.5 Å². The molecule has 0 saturated heterocycles. The van der Waals surface area contributed by atoms with E-state index in [1.54, 1.807) is 34.9 Å². The number of nitrogens with zero attached hydrogens (tertiary/aromatic N) is 2. The van der Waals surface area contributed by atoms with Crippen LogP contribution in [0.25, 0.3) is 10.9 Å². The Morgan fingerprint density at radius 1 is 1.12 bits per heavy atom. The summed E-state index contributed by atoms with van der Waals surface area (Å²) in [7, 11) is -3.72. The van der Waals surface area contributed by atoms with Gasteiger partial charge in [0.05, 0.1) is 15.8 Å². The number of nitrogens with two attached hydrogens (primary N) is 1. The molecule has 9 nitrogen and oxygen atoms in total. The number of nitrogens with one attached hydrogen (secondary N) is 1. The highest BCUT2D eigenvalue weighted by molar-refractivity contribution is 7.89. The molecule has 2 heterocycles. The lowest BCUT2D eigenvalue weighted by molar-refractivity contribution is -0.123. The standard InChI is InChI=1S/C23H26N4O5S/c24-33(30,31)18-8-5-16(6-9-18)11-12-25-22(28)15-32-17-7-10-20-19(14-17)23(29)27-13-3-1-2-4-21(27)26-20/h5-10,14H,1-4,11-13,15H2,(H,25,28)(H2,24,30,31). The lowest BCUT2D eigenvalue weighted by Crippen LogP contribution is -2.30. The number of hydrogen-bond donors (Lipinski definition) is 2. The summed E-state index contributed by atoms with van der Waals surface area (Å²) in [6, 6.07) is 11.3. The van der Waals surface area contributed by atoms with Gasteiger partial charge in [-0.25, -0.2) is 18.5 Å². The fourth-order valence-corrected chi connectivity index (χ4v) is 4.39. The summed E-state index contributed by atoms with van der Waals surface area (Å²) in [5.41, 5.74) is 1.43. The lowest BCUT2D eigenvalue weighted by atomic mass is 10.1. The third-order valence-electron chi connectivity index (χ3n) is 5.64. The number of rotatable bonds is 7. The minimum atomic E-state index is -3.72. The molecule has 174 valence electrons. The average molecular weight is 471 g/mol. The summed E-state index contributed by atoms with van der Waals surface area (Å²) in [6.45, 7) is 0.858. The third-order valence-corrected chi connectivity index (χ3v) is 6.57. The second kappa shape index (κ2) is 9.72. The first-order valence-corrected chi connectivity index (χ1v) is 12.4. The molecule has 1 aliphatic rings. The molecule has 0 fully saturated rings. The summed E-state index contributed by atoms with van der Waals surface area (Å²) in [5, 5.41) is 8.33. The zero-order chi connectivity index (χ0) is 23.4. The Kier molecular flexibility index (Phi) is 6.75. The minimum Gasteiger partial charge on any atom is -0.484 e. The first-order valence-electron chi connectivity index (χ1n) is 10.9. The van der Waals surface area contributed by atoms with Crippen molar-refractivity contribution in [3.05, 3.63) is 64.2 Å². The van der Waals surface area contributed by atoms with E-state index in [1.165, 1.54) is 12.1 Å². The van der Waals surface area contributed by atoms with Crippen molar-refractivity contribution >= 4 is 26.8 Å². The van der Waals surface area contributed by atoms with Gasteiger partial charge in [0.2, 0.25) is 10.0 Å². The van der Waals surface area contributed by atoms with E-state index in [4.69, 9.17) is 9.88 Å². The van der Waals surface area contributed by atoms with Gasteiger partial charge >= 0.3 is 0 Å². The maximum absolute atomic E-state index is 12.9. The van der Waals surface area contributed by atoms with Crippen LogP contribution in [0, 0.1) is 0 Å². The normalized spacial score (nSPS) is 13.8. The van der Waals surface area contributed by atoms with Crippen LogP contribution >= 0.6 is 0 Å². The van der Waals surface area contributed by atoms with Gasteiger partial charge in [-0.3, -0.25) is 14.2 Å². The van der Waals surface area contributed by atoms with Gasteiger partial charge in [-0.2, -0.15) is 0 Å². The van der Waals surface area contributed by atoms with Crippen LogP contribution in [0.4, 0.5) is 0 Å². The Bertz CT molecular complexity index is 1330. The van der Waals surface area contributed by atoms with E-state index < -0.39 is 10.0 Å². The first-order chi connectivity index (χ1) is 15.8.